The molecule has 0 spiro atoms. The van der Waals surface area contributed by atoms with Crippen LogP contribution >= 0.6 is 0 Å². The molecule has 0 saturated carbocycles. The number of fused-ring (bicyclic) bond motifs is 1. The Morgan fingerprint density at radius 1 is 1.33 bits per heavy atom. The zero-order valence-corrected chi connectivity index (χ0v) is 7.16. The Kier molecular flexibility index (Phi) is 1.57. The van der Waals surface area contributed by atoms with Gasteiger partial charge in [-0.25, -0.2) is 0 Å². The fourth-order valence-corrected chi connectivity index (χ4v) is 1.34. The first kappa shape index (κ1) is 7.28. The zero-order chi connectivity index (χ0) is 8.55. The van der Waals surface area contributed by atoms with Crippen molar-refractivity contribution in [3.8, 4) is 0 Å². The summed E-state index contributed by atoms with van der Waals surface area (Å²) in [4.78, 5) is 0. The summed E-state index contributed by atoms with van der Waals surface area (Å²) >= 11 is 0. The van der Waals surface area contributed by atoms with Crippen LogP contribution in [0, 0.1) is 0 Å². The van der Waals surface area contributed by atoms with Gasteiger partial charge in [0.2, 0.25) is 0 Å². The molecule has 2 aliphatic rings. The lowest BCUT2D eigenvalue weighted by Gasteiger charge is -2.10. The number of hydrogen-bond donors (Lipinski definition) is 0. The van der Waals surface area contributed by atoms with Crippen molar-refractivity contribution < 1.29 is 4.74 Å². The molecule has 0 atom stereocenters. The van der Waals surface area contributed by atoms with Crippen LogP contribution < -0.4 is 0 Å². The van der Waals surface area contributed by atoms with Crippen LogP contribution in [0.2, 0.25) is 0 Å². The second-order valence-corrected chi connectivity index (χ2v) is 2.83. The number of methoxy groups -OCH3 is 1. The van der Waals surface area contributed by atoms with Gasteiger partial charge >= 0.3 is 0 Å². The SMILES string of the molecule is COC1=CC=C2C(C)=NN=C2C1. The molecule has 1 heterocycles. The van der Waals surface area contributed by atoms with E-state index in [4.69, 9.17) is 4.74 Å². The molecular formula is C9H10N2O. The maximum Gasteiger partial charge on any atom is 0.102 e. The van der Waals surface area contributed by atoms with Gasteiger partial charge in [-0.1, -0.05) is 0 Å². The monoisotopic (exact) mass is 162 g/mol. The van der Waals surface area contributed by atoms with Gasteiger partial charge in [0.25, 0.3) is 0 Å². The summed E-state index contributed by atoms with van der Waals surface area (Å²) in [6, 6.07) is 0. The minimum atomic E-state index is 0.767. The molecule has 0 bridgehead atoms. The Bertz CT molecular complexity index is 334. The first-order chi connectivity index (χ1) is 5.81. The maximum atomic E-state index is 5.12. The summed E-state index contributed by atoms with van der Waals surface area (Å²) in [6.45, 7) is 1.97. The first-order valence-electron chi connectivity index (χ1n) is 3.88. The number of rotatable bonds is 1. The van der Waals surface area contributed by atoms with E-state index in [0.29, 0.717) is 0 Å². The number of hydrogen-bond acceptors (Lipinski definition) is 3. The second-order valence-electron chi connectivity index (χ2n) is 2.83. The van der Waals surface area contributed by atoms with Gasteiger partial charge in [-0.15, -0.1) is 0 Å². The molecule has 62 valence electrons. The van der Waals surface area contributed by atoms with E-state index in [0.717, 1.165) is 29.2 Å². The number of allylic oxidation sites excluding steroid dienone is 4. The van der Waals surface area contributed by atoms with Gasteiger partial charge in [-0.05, 0) is 19.1 Å². The minimum Gasteiger partial charge on any atom is -0.501 e. The Morgan fingerprint density at radius 2 is 2.17 bits per heavy atom. The van der Waals surface area contributed by atoms with Gasteiger partial charge in [0.1, 0.15) is 5.76 Å². The molecule has 0 saturated heterocycles. The smallest absolute Gasteiger partial charge is 0.102 e. The molecule has 0 fully saturated rings. The molecule has 1 aliphatic carbocycles. The van der Waals surface area contributed by atoms with Crippen molar-refractivity contribution in [1.82, 2.24) is 0 Å². The van der Waals surface area contributed by atoms with Gasteiger partial charge in [-0.2, -0.15) is 10.2 Å². The standard InChI is InChI=1S/C9H10N2O/c1-6-8-4-3-7(12-2)5-9(8)11-10-6/h3-4H,5H2,1-2H3. The predicted molar refractivity (Wildman–Crippen MR) is 48.3 cm³/mol. The molecule has 0 aromatic rings. The molecule has 3 nitrogen and oxygen atoms in total. The predicted octanol–water partition coefficient (Wildman–Crippen LogP) is 1.68. The molecule has 1 aliphatic heterocycles. The summed E-state index contributed by atoms with van der Waals surface area (Å²) in [6.07, 6.45) is 4.74. The number of ether oxygens (including phenoxy) is 1. The van der Waals surface area contributed by atoms with E-state index in [2.05, 4.69) is 10.2 Å². The third-order valence-electron chi connectivity index (χ3n) is 2.06. The van der Waals surface area contributed by atoms with E-state index in [9.17, 15) is 0 Å². The van der Waals surface area contributed by atoms with Gasteiger partial charge in [0.15, 0.2) is 0 Å². The highest BCUT2D eigenvalue weighted by Gasteiger charge is 2.20. The van der Waals surface area contributed by atoms with Crippen molar-refractivity contribution in [2.24, 2.45) is 10.2 Å². The lowest BCUT2D eigenvalue weighted by molar-refractivity contribution is 0.287. The molecule has 0 N–H and O–H groups in total. The van der Waals surface area contributed by atoms with E-state index >= 15 is 0 Å². The maximum absolute atomic E-state index is 5.12. The summed E-state index contributed by atoms with van der Waals surface area (Å²) < 4.78 is 5.12. The second kappa shape index (κ2) is 2.59. The molecule has 2 rings (SSSR count). The molecule has 0 aromatic carbocycles. The van der Waals surface area contributed by atoms with Crippen LogP contribution in [0.5, 0.6) is 0 Å². The topological polar surface area (TPSA) is 34.0 Å². The Labute approximate surface area is 71.1 Å². The third-order valence-corrected chi connectivity index (χ3v) is 2.06. The van der Waals surface area contributed by atoms with Crippen LogP contribution in [0.4, 0.5) is 0 Å². The van der Waals surface area contributed by atoms with Gasteiger partial charge in [0, 0.05) is 5.57 Å². The molecule has 0 aromatic heterocycles. The average Bonchev–Trinajstić information content (AvgIpc) is 2.47. The quantitative estimate of drug-likeness (QED) is 0.577. The first-order valence-corrected chi connectivity index (χ1v) is 3.88. The van der Waals surface area contributed by atoms with Crippen LogP contribution in [0.3, 0.4) is 0 Å². The van der Waals surface area contributed by atoms with E-state index < -0.39 is 0 Å². The zero-order valence-electron chi connectivity index (χ0n) is 7.16. The van der Waals surface area contributed by atoms with Crippen LogP contribution in [-0.2, 0) is 4.74 Å². The van der Waals surface area contributed by atoms with Crippen LogP contribution in [0.1, 0.15) is 13.3 Å². The summed E-state index contributed by atoms with van der Waals surface area (Å²) in [5, 5.41) is 8.05. The summed E-state index contributed by atoms with van der Waals surface area (Å²) in [7, 11) is 1.67. The van der Waals surface area contributed by atoms with Crippen molar-refractivity contribution in [2.45, 2.75) is 13.3 Å². The summed E-state index contributed by atoms with van der Waals surface area (Å²) in [5.74, 6) is 0.947. The normalized spacial score (nSPS) is 20.5. The Hall–Kier alpha value is -1.38. The molecule has 0 unspecified atom stereocenters. The van der Waals surface area contributed by atoms with Gasteiger partial charge in [-0.3, -0.25) is 0 Å². The van der Waals surface area contributed by atoms with E-state index in [1.165, 1.54) is 0 Å². The molecule has 0 radical (unpaired) electrons. The Morgan fingerprint density at radius 3 is 2.92 bits per heavy atom. The van der Waals surface area contributed by atoms with Crippen LogP contribution in [0.15, 0.2) is 33.7 Å². The largest absolute Gasteiger partial charge is 0.501 e. The summed E-state index contributed by atoms with van der Waals surface area (Å²) in [5.41, 5.74) is 3.17. The van der Waals surface area contributed by atoms with Crippen molar-refractivity contribution in [1.29, 1.82) is 0 Å². The highest BCUT2D eigenvalue weighted by molar-refractivity contribution is 6.27. The number of nitrogens with zero attached hydrogens (tertiary/aromatic N) is 2. The highest BCUT2D eigenvalue weighted by atomic mass is 16.5. The minimum absolute atomic E-state index is 0.767. The lowest BCUT2D eigenvalue weighted by atomic mass is 9.99. The van der Waals surface area contributed by atoms with E-state index in [1.807, 2.05) is 19.1 Å². The third kappa shape index (κ3) is 0.978. The van der Waals surface area contributed by atoms with Crippen molar-refractivity contribution in [3.05, 3.63) is 23.5 Å². The fourth-order valence-electron chi connectivity index (χ4n) is 1.34. The molecule has 3 heteroatoms. The van der Waals surface area contributed by atoms with Gasteiger partial charge in [0.05, 0.1) is 25.0 Å². The van der Waals surface area contributed by atoms with Crippen LogP contribution in [0.25, 0.3) is 0 Å². The average molecular weight is 162 g/mol. The van der Waals surface area contributed by atoms with Crippen LogP contribution in [-0.4, -0.2) is 18.5 Å². The van der Waals surface area contributed by atoms with Crippen molar-refractivity contribution >= 4 is 11.4 Å². The van der Waals surface area contributed by atoms with E-state index in [-0.39, 0.29) is 0 Å². The molecular weight excluding hydrogens is 152 g/mol. The Balaban J connectivity index is 2.33. The lowest BCUT2D eigenvalue weighted by Crippen LogP contribution is -2.10. The molecule has 12 heavy (non-hydrogen) atoms. The fraction of sp³-hybridized carbons (Fsp3) is 0.333. The van der Waals surface area contributed by atoms with E-state index in [1.54, 1.807) is 7.11 Å². The van der Waals surface area contributed by atoms with Crippen molar-refractivity contribution in [3.63, 3.8) is 0 Å². The van der Waals surface area contributed by atoms with Gasteiger partial charge < -0.3 is 4.74 Å². The highest BCUT2D eigenvalue weighted by Crippen LogP contribution is 2.21. The molecule has 0 amide bonds. The van der Waals surface area contributed by atoms with Crippen molar-refractivity contribution in [2.75, 3.05) is 7.11 Å².